The maximum atomic E-state index is 11.7. The number of sulfone groups is 1. The van der Waals surface area contributed by atoms with Crippen molar-refractivity contribution >= 4 is 9.84 Å². The fraction of sp³-hybridized carbons (Fsp3) is 1.00. The number of aliphatic hydroxyl groups excluding tert-OH is 1. The zero-order chi connectivity index (χ0) is 14.6. The molecular weight excluding hydrogens is 276 g/mol. The van der Waals surface area contributed by atoms with Crippen molar-refractivity contribution in [3.05, 3.63) is 0 Å². The topological polar surface area (TPSA) is 69.6 Å². The van der Waals surface area contributed by atoms with Gasteiger partial charge in [-0.2, -0.15) is 0 Å². The molecule has 1 aliphatic carbocycles. The van der Waals surface area contributed by atoms with E-state index in [4.69, 9.17) is 0 Å². The fourth-order valence-corrected chi connectivity index (χ4v) is 4.43. The lowest BCUT2D eigenvalue weighted by molar-refractivity contribution is 0.0937. The SMILES string of the molecule is CCCNC(CO)(CN1CCCS(=O)(=O)CC1)C1CC1. The Labute approximate surface area is 122 Å². The average molecular weight is 304 g/mol. The summed E-state index contributed by atoms with van der Waals surface area (Å²) in [6.45, 7) is 5.36. The van der Waals surface area contributed by atoms with E-state index in [2.05, 4.69) is 17.1 Å². The summed E-state index contributed by atoms with van der Waals surface area (Å²) in [4.78, 5) is 2.22. The van der Waals surface area contributed by atoms with Crippen LogP contribution in [0.2, 0.25) is 0 Å². The number of nitrogens with zero attached hydrogens (tertiary/aromatic N) is 1. The number of aliphatic hydroxyl groups is 1. The summed E-state index contributed by atoms with van der Waals surface area (Å²) in [5.74, 6) is 1.10. The molecule has 1 atom stereocenters. The van der Waals surface area contributed by atoms with Gasteiger partial charge in [-0.25, -0.2) is 8.42 Å². The van der Waals surface area contributed by atoms with Crippen LogP contribution >= 0.6 is 0 Å². The summed E-state index contributed by atoms with van der Waals surface area (Å²) in [6.07, 6.45) is 4.10. The standard InChI is InChI=1S/C14H28N2O3S/c1-2-6-15-14(12-17,13-4-5-13)11-16-7-3-9-20(18,19)10-8-16/h13,15,17H,2-12H2,1H3. The van der Waals surface area contributed by atoms with Crippen LogP contribution in [-0.4, -0.2) is 68.3 Å². The molecule has 1 aliphatic heterocycles. The van der Waals surface area contributed by atoms with Gasteiger partial charge in [0.25, 0.3) is 0 Å². The lowest BCUT2D eigenvalue weighted by atomic mass is 9.92. The zero-order valence-corrected chi connectivity index (χ0v) is 13.3. The first-order valence-electron chi connectivity index (χ1n) is 7.80. The lowest BCUT2D eigenvalue weighted by Crippen LogP contribution is -2.58. The van der Waals surface area contributed by atoms with Crippen molar-refractivity contribution in [2.24, 2.45) is 5.92 Å². The zero-order valence-electron chi connectivity index (χ0n) is 12.5. The molecule has 0 aromatic heterocycles. The Morgan fingerprint density at radius 2 is 2.05 bits per heavy atom. The number of nitrogens with one attached hydrogen (secondary N) is 1. The molecule has 1 unspecified atom stereocenters. The molecular formula is C14H28N2O3S. The van der Waals surface area contributed by atoms with E-state index >= 15 is 0 Å². The molecule has 1 saturated carbocycles. The van der Waals surface area contributed by atoms with Crippen LogP contribution in [0.1, 0.15) is 32.6 Å². The van der Waals surface area contributed by atoms with Gasteiger partial charge in [-0.3, -0.25) is 0 Å². The highest BCUT2D eigenvalue weighted by Crippen LogP contribution is 2.40. The molecule has 2 fully saturated rings. The van der Waals surface area contributed by atoms with Crippen LogP contribution in [0.4, 0.5) is 0 Å². The predicted octanol–water partition coefficient (Wildman–Crippen LogP) is 0.248. The van der Waals surface area contributed by atoms with Gasteiger partial charge < -0.3 is 15.3 Å². The third kappa shape index (κ3) is 4.16. The van der Waals surface area contributed by atoms with Crippen molar-refractivity contribution in [3.63, 3.8) is 0 Å². The molecule has 2 aliphatic rings. The van der Waals surface area contributed by atoms with Gasteiger partial charge in [0.1, 0.15) is 0 Å². The third-order valence-corrected chi connectivity index (χ3v) is 6.24. The van der Waals surface area contributed by atoms with Crippen molar-refractivity contribution in [3.8, 4) is 0 Å². The fourth-order valence-electron chi connectivity index (χ4n) is 3.12. The highest BCUT2D eigenvalue weighted by Gasteiger charge is 2.45. The molecule has 5 nitrogen and oxygen atoms in total. The number of rotatable bonds is 7. The van der Waals surface area contributed by atoms with Gasteiger partial charge in [0.15, 0.2) is 9.84 Å². The van der Waals surface area contributed by atoms with Crippen LogP contribution in [-0.2, 0) is 9.84 Å². The summed E-state index contributed by atoms with van der Waals surface area (Å²) >= 11 is 0. The molecule has 2 rings (SSSR count). The van der Waals surface area contributed by atoms with Crippen LogP contribution in [0.3, 0.4) is 0 Å². The van der Waals surface area contributed by atoms with Gasteiger partial charge in [-0.05, 0) is 44.7 Å². The number of hydrogen-bond donors (Lipinski definition) is 2. The Balaban J connectivity index is 1.99. The van der Waals surface area contributed by atoms with Gasteiger partial charge in [0, 0.05) is 13.1 Å². The third-order valence-electron chi connectivity index (χ3n) is 4.52. The van der Waals surface area contributed by atoms with E-state index in [9.17, 15) is 13.5 Å². The summed E-state index contributed by atoms with van der Waals surface area (Å²) < 4.78 is 23.4. The van der Waals surface area contributed by atoms with E-state index in [0.717, 1.165) is 26.1 Å². The smallest absolute Gasteiger partial charge is 0.151 e. The van der Waals surface area contributed by atoms with Gasteiger partial charge in [-0.15, -0.1) is 0 Å². The first-order chi connectivity index (χ1) is 9.51. The van der Waals surface area contributed by atoms with Crippen LogP contribution in [0.15, 0.2) is 0 Å². The monoisotopic (exact) mass is 304 g/mol. The highest BCUT2D eigenvalue weighted by atomic mass is 32.2. The molecule has 1 saturated heterocycles. The van der Waals surface area contributed by atoms with E-state index < -0.39 is 9.84 Å². The van der Waals surface area contributed by atoms with Gasteiger partial charge in [-0.1, -0.05) is 6.92 Å². The molecule has 1 heterocycles. The molecule has 0 amide bonds. The predicted molar refractivity (Wildman–Crippen MR) is 80.5 cm³/mol. The first kappa shape index (κ1) is 16.2. The van der Waals surface area contributed by atoms with Crippen molar-refractivity contribution in [2.75, 3.05) is 44.3 Å². The maximum Gasteiger partial charge on any atom is 0.151 e. The van der Waals surface area contributed by atoms with Gasteiger partial charge in [0.2, 0.25) is 0 Å². The van der Waals surface area contributed by atoms with E-state index in [1.54, 1.807) is 0 Å². The minimum atomic E-state index is -2.86. The summed E-state index contributed by atoms with van der Waals surface area (Å²) in [5, 5.41) is 13.5. The Hall–Kier alpha value is -0.170. The molecule has 0 radical (unpaired) electrons. The minimum Gasteiger partial charge on any atom is -0.394 e. The molecule has 20 heavy (non-hydrogen) atoms. The first-order valence-corrected chi connectivity index (χ1v) is 9.62. The van der Waals surface area contributed by atoms with Crippen molar-refractivity contribution in [1.82, 2.24) is 10.2 Å². The van der Waals surface area contributed by atoms with E-state index in [1.807, 2.05) is 0 Å². The quantitative estimate of drug-likeness (QED) is 0.705. The summed E-state index contributed by atoms with van der Waals surface area (Å²) in [5.41, 5.74) is -0.232. The average Bonchev–Trinajstić information content (AvgIpc) is 3.24. The normalized spacial score (nSPS) is 26.9. The Morgan fingerprint density at radius 3 is 2.65 bits per heavy atom. The molecule has 0 aromatic rings. The molecule has 118 valence electrons. The van der Waals surface area contributed by atoms with Crippen molar-refractivity contribution in [2.45, 2.75) is 38.1 Å². The van der Waals surface area contributed by atoms with E-state index in [1.165, 1.54) is 12.8 Å². The van der Waals surface area contributed by atoms with E-state index in [-0.39, 0.29) is 17.9 Å². The summed E-state index contributed by atoms with van der Waals surface area (Å²) in [7, 11) is -2.86. The highest BCUT2D eigenvalue weighted by molar-refractivity contribution is 7.91. The molecule has 0 spiro atoms. The lowest BCUT2D eigenvalue weighted by Gasteiger charge is -2.38. The van der Waals surface area contributed by atoms with Crippen molar-refractivity contribution in [1.29, 1.82) is 0 Å². The Morgan fingerprint density at radius 1 is 1.30 bits per heavy atom. The molecule has 6 heteroatoms. The van der Waals surface area contributed by atoms with Crippen LogP contribution in [0.25, 0.3) is 0 Å². The number of hydrogen-bond acceptors (Lipinski definition) is 5. The van der Waals surface area contributed by atoms with E-state index in [0.29, 0.717) is 24.6 Å². The van der Waals surface area contributed by atoms with Crippen molar-refractivity contribution < 1.29 is 13.5 Å². The second kappa shape index (κ2) is 6.73. The molecule has 2 N–H and O–H groups in total. The molecule has 0 bridgehead atoms. The Kier molecular flexibility index (Phi) is 5.45. The molecule has 0 aromatic carbocycles. The second-order valence-electron chi connectivity index (χ2n) is 6.30. The minimum absolute atomic E-state index is 0.140. The summed E-state index contributed by atoms with van der Waals surface area (Å²) in [6, 6.07) is 0. The van der Waals surface area contributed by atoms with Crippen LogP contribution < -0.4 is 5.32 Å². The maximum absolute atomic E-state index is 11.7. The largest absolute Gasteiger partial charge is 0.394 e. The van der Waals surface area contributed by atoms with Gasteiger partial charge >= 0.3 is 0 Å². The van der Waals surface area contributed by atoms with Gasteiger partial charge in [0.05, 0.1) is 23.7 Å². The second-order valence-corrected chi connectivity index (χ2v) is 8.60. The van der Waals surface area contributed by atoms with Crippen LogP contribution in [0, 0.1) is 5.92 Å². The van der Waals surface area contributed by atoms with Crippen LogP contribution in [0.5, 0.6) is 0 Å². The Bertz CT molecular complexity index is 409.